The first kappa shape index (κ1) is 21.3. The molecular formula is C21H25Cl2N3O. The molecule has 0 aliphatic rings. The Bertz CT molecular complexity index is 926. The van der Waals surface area contributed by atoms with Crippen molar-refractivity contribution in [2.24, 2.45) is 0 Å². The minimum atomic E-state index is 0. The highest BCUT2D eigenvalue weighted by Crippen LogP contribution is 2.30. The lowest BCUT2D eigenvalue weighted by Crippen LogP contribution is -3.00. The van der Waals surface area contributed by atoms with Crippen LogP contribution in [-0.4, -0.2) is 34.7 Å². The van der Waals surface area contributed by atoms with Crippen LogP contribution in [-0.2, 0) is 6.54 Å². The molecule has 0 unspecified atom stereocenters. The Morgan fingerprint density at radius 3 is 2.52 bits per heavy atom. The third-order valence-electron chi connectivity index (χ3n) is 5.14. The molecule has 0 bridgehead atoms. The zero-order valence-corrected chi connectivity index (χ0v) is 17.3. The van der Waals surface area contributed by atoms with Gasteiger partial charge in [0.25, 0.3) is 0 Å². The molecule has 144 valence electrons. The van der Waals surface area contributed by atoms with Crippen LogP contribution in [0.4, 0.5) is 11.4 Å². The van der Waals surface area contributed by atoms with Crippen LogP contribution in [0, 0.1) is 0 Å². The summed E-state index contributed by atoms with van der Waals surface area (Å²) in [5.74, 6) is 0.341. The van der Waals surface area contributed by atoms with Gasteiger partial charge in [-0.15, -0.1) is 0 Å². The molecule has 3 rings (SSSR count). The van der Waals surface area contributed by atoms with Crippen molar-refractivity contribution in [2.75, 3.05) is 25.5 Å². The minimum Gasteiger partial charge on any atom is -1.00 e. The van der Waals surface area contributed by atoms with Crippen LogP contribution in [0.25, 0.3) is 10.9 Å². The van der Waals surface area contributed by atoms with Crippen molar-refractivity contribution in [1.29, 1.82) is 0 Å². The number of aromatic hydroxyl groups is 1. The van der Waals surface area contributed by atoms with Gasteiger partial charge in [-0.05, 0) is 56.3 Å². The van der Waals surface area contributed by atoms with E-state index in [2.05, 4.69) is 31.2 Å². The van der Waals surface area contributed by atoms with E-state index >= 15 is 0 Å². The van der Waals surface area contributed by atoms with Crippen molar-refractivity contribution in [3.05, 3.63) is 59.2 Å². The number of hydrogen-bond acceptors (Lipinski definition) is 3. The van der Waals surface area contributed by atoms with Crippen molar-refractivity contribution in [2.45, 2.75) is 20.4 Å². The molecule has 0 aliphatic heterocycles. The molecule has 1 heterocycles. The summed E-state index contributed by atoms with van der Waals surface area (Å²) in [4.78, 5) is 4.38. The molecule has 0 fully saturated rings. The van der Waals surface area contributed by atoms with E-state index < -0.39 is 0 Å². The van der Waals surface area contributed by atoms with E-state index in [-0.39, 0.29) is 12.4 Å². The number of phenols is 1. The van der Waals surface area contributed by atoms with Gasteiger partial charge in [0, 0.05) is 28.0 Å². The van der Waals surface area contributed by atoms with E-state index in [0.29, 0.717) is 10.8 Å². The number of hydrogen-bond donors (Lipinski definition) is 2. The van der Waals surface area contributed by atoms with Crippen LogP contribution in [0.1, 0.15) is 19.4 Å². The molecule has 4 nitrogen and oxygen atoms in total. The predicted octanol–water partition coefficient (Wildman–Crippen LogP) is 2.33. The van der Waals surface area contributed by atoms with Crippen molar-refractivity contribution in [3.8, 4) is 5.75 Å². The van der Waals surface area contributed by atoms with Gasteiger partial charge in [0.1, 0.15) is 12.3 Å². The summed E-state index contributed by atoms with van der Waals surface area (Å²) < 4.78 is 0.883. The highest BCUT2D eigenvalue weighted by Gasteiger charge is 2.19. The van der Waals surface area contributed by atoms with Gasteiger partial charge in [-0.2, -0.15) is 0 Å². The normalized spacial score (nSPS) is 11.3. The van der Waals surface area contributed by atoms with Gasteiger partial charge in [0.2, 0.25) is 0 Å². The molecule has 2 N–H and O–H groups in total. The number of anilines is 2. The van der Waals surface area contributed by atoms with Crippen LogP contribution in [0.5, 0.6) is 5.75 Å². The lowest BCUT2D eigenvalue weighted by atomic mass is 10.1. The molecule has 27 heavy (non-hydrogen) atoms. The summed E-state index contributed by atoms with van der Waals surface area (Å²) in [6, 6.07) is 13.3. The Balaban J connectivity index is 0.00000261. The fraction of sp³-hybridized carbons (Fsp3) is 0.286. The molecule has 1 aromatic heterocycles. The molecule has 0 saturated carbocycles. The summed E-state index contributed by atoms with van der Waals surface area (Å²) in [5, 5.41) is 15.4. The van der Waals surface area contributed by atoms with Crippen molar-refractivity contribution in [3.63, 3.8) is 0 Å². The maximum atomic E-state index is 10.3. The monoisotopic (exact) mass is 405 g/mol. The number of phenolic OH excluding ortho intramolecular Hbond substituents is 1. The average Bonchev–Trinajstić information content (AvgIpc) is 2.64. The number of quaternary nitrogens is 1. The third kappa shape index (κ3) is 4.83. The second kappa shape index (κ2) is 8.79. The predicted molar refractivity (Wildman–Crippen MR) is 109 cm³/mol. The van der Waals surface area contributed by atoms with E-state index in [9.17, 15) is 5.11 Å². The topological polar surface area (TPSA) is 45.2 Å². The second-order valence-electron chi connectivity index (χ2n) is 6.90. The van der Waals surface area contributed by atoms with Gasteiger partial charge in [0.15, 0.2) is 0 Å². The first-order valence-corrected chi connectivity index (χ1v) is 9.28. The maximum Gasteiger partial charge on any atom is 0.124 e. The average molecular weight is 406 g/mol. The lowest BCUT2D eigenvalue weighted by molar-refractivity contribution is -0.919. The molecule has 0 amide bonds. The Hall–Kier alpha value is -2.01. The van der Waals surface area contributed by atoms with E-state index in [0.717, 1.165) is 52.0 Å². The van der Waals surface area contributed by atoms with E-state index in [1.165, 1.54) is 0 Å². The van der Waals surface area contributed by atoms with E-state index in [1.807, 2.05) is 36.4 Å². The highest BCUT2D eigenvalue weighted by atomic mass is 35.5. The molecular weight excluding hydrogens is 381 g/mol. The van der Waals surface area contributed by atoms with Crippen molar-refractivity contribution >= 4 is 33.9 Å². The SMILES string of the molecule is CC[N+](C)(CC)Cc1cc(Nc2ccnc3cc(Cl)ccc23)ccc1O.[Cl-]. The van der Waals surface area contributed by atoms with Gasteiger partial charge < -0.3 is 27.3 Å². The van der Waals surface area contributed by atoms with Crippen LogP contribution in [0.3, 0.4) is 0 Å². The summed E-state index contributed by atoms with van der Waals surface area (Å²) in [5.41, 5.74) is 3.70. The molecule has 6 heteroatoms. The summed E-state index contributed by atoms with van der Waals surface area (Å²) in [7, 11) is 2.21. The number of nitrogens with one attached hydrogen (secondary N) is 1. The number of benzene rings is 2. The van der Waals surface area contributed by atoms with Gasteiger partial charge in [0.05, 0.1) is 31.2 Å². The number of rotatable bonds is 6. The first-order valence-electron chi connectivity index (χ1n) is 8.91. The number of pyridine rings is 1. The number of halogens is 2. The summed E-state index contributed by atoms with van der Waals surface area (Å²) in [6.07, 6.45) is 1.77. The lowest BCUT2D eigenvalue weighted by Gasteiger charge is -2.32. The van der Waals surface area contributed by atoms with Crippen LogP contribution >= 0.6 is 11.6 Å². The first-order chi connectivity index (χ1) is 12.4. The standard InChI is InChI=1S/C21H24ClN3O.ClH/c1-4-25(3,5-2)14-15-12-17(7-9-21(15)26)24-19-10-11-23-20-13-16(22)6-8-18(19)20;/h6-13H,4-5,14H2,1-3H3,(H-,23,24,26);1H. The maximum absolute atomic E-state index is 10.3. The summed E-state index contributed by atoms with van der Waals surface area (Å²) >= 11 is 6.07. The second-order valence-corrected chi connectivity index (χ2v) is 7.33. The molecule has 3 aromatic rings. The highest BCUT2D eigenvalue weighted by molar-refractivity contribution is 6.31. The van der Waals surface area contributed by atoms with Gasteiger partial charge in [-0.3, -0.25) is 4.98 Å². The Morgan fingerprint density at radius 2 is 1.81 bits per heavy atom. The molecule has 0 saturated heterocycles. The fourth-order valence-corrected chi connectivity index (χ4v) is 3.20. The van der Waals surface area contributed by atoms with Gasteiger partial charge in [-0.25, -0.2) is 0 Å². The largest absolute Gasteiger partial charge is 1.00 e. The zero-order valence-electron chi connectivity index (χ0n) is 15.8. The molecule has 0 aliphatic carbocycles. The Labute approximate surface area is 171 Å². The number of aromatic nitrogens is 1. The van der Waals surface area contributed by atoms with E-state index in [1.54, 1.807) is 12.3 Å². The molecule has 2 aromatic carbocycles. The van der Waals surface area contributed by atoms with Crippen LogP contribution in [0.15, 0.2) is 48.7 Å². The van der Waals surface area contributed by atoms with Gasteiger partial charge in [-0.1, -0.05) is 11.6 Å². The Morgan fingerprint density at radius 1 is 1.07 bits per heavy atom. The van der Waals surface area contributed by atoms with Crippen molar-refractivity contribution < 1.29 is 22.0 Å². The number of fused-ring (bicyclic) bond motifs is 1. The van der Waals surface area contributed by atoms with Crippen molar-refractivity contribution in [1.82, 2.24) is 4.98 Å². The molecule has 0 spiro atoms. The summed E-state index contributed by atoms with van der Waals surface area (Å²) in [6.45, 7) is 7.18. The zero-order chi connectivity index (χ0) is 18.7. The van der Waals surface area contributed by atoms with Gasteiger partial charge >= 0.3 is 0 Å². The van der Waals surface area contributed by atoms with E-state index in [4.69, 9.17) is 11.6 Å². The fourth-order valence-electron chi connectivity index (χ4n) is 3.03. The van der Waals surface area contributed by atoms with Crippen LogP contribution < -0.4 is 17.7 Å². The van der Waals surface area contributed by atoms with Crippen LogP contribution in [0.2, 0.25) is 5.02 Å². The quantitative estimate of drug-likeness (QED) is 0.488. The molecule has 0 atom stereocenters. The smallest absolute Gasteiger partial charge is 0.124 e. The number of nitrogens with zero attached hydrogens (tertiary/aromatic N) is 2. The minimum absolute atomic E-state index is 0. The molecule has 0 radical (unpaired) electrons. The third-order valence-corrected chi connectivity index (χ3v) is 5.38. The Kier molecular flexibility index (Phi) is 6.93.